The summed E-state index contributed by atoms with van der Waals surface area (Å²) in [7, 11) is 0. The van der Waals surface area contributed by atoms with Crippen LogP contribution in [0.5, 0.6) is 0 Å². The Balaban J connectivity index is 2.12. The zero-order valence-electron chi connectivity index (χ0n) is 12.5. The van der Waals surface area contributed by atoms with Crippen LogP contribution in [0.2, 0.25) is 0 Å². The van der Waals surface area contributed by atoms with E-state index in [1.165, 1.54) is 63.4 Å². The molecule has 1 aliphatic rings. The predicted octanol–water partition coefficient (Wildman–Crippen LogP) is 5.47. The number of carboxylic acids is 1. The fourth-order valence-electron chi connectivity index (χ4n) is 2.97. The van der Waals surface area contributed by atoms with E-state index in [2.05, 4.69) is 6.92 Å². The van der Waals surface area contributed by atoms with Gasteiger partial charge in [-0.25, -0.2) is 4.79 Å². The zero-order chi connectivity index (χ0) is 13.9. The van der Waals surface area contributed by atoms with Crippen LogP contribution in [-0.4, -0.2) is 11.1 Å². The molecule has 0 unspecified atom stereocenters. The third-order valence-corrected chi connectivity index (χ3v) is 4.17. The minimum atomic E-state index is -0.672. The summed E-state index contributed by atoms with van der Waals surface area (Å²) in [6.07, 6.45) is 15.6. The number of hydrogen-bond acceptors (Lipinski definition) is 1. The standard InChI is InChI=1S/C17H30O2/c1-2-3-4-5-6-7-8-9-12-15-13-10-11-14-16(15)17(18)19/h2-14H2,1H3,(H,18,19). The van der Waals surface area contributed by atoms with Gasteiger partial charge in [0.25, 0.3) is 0 Å². The van der Waals surface area contributed by atoms with Crippen molar-refractivity contribution >= 4 is 5.97 Å². The van der Waals surface area contributed by atoms with Crippen molar-refractivity contribution in [1.29, 1.82) is 0 Å². The smallest absolute Gasteiger partial charge is 0.331 e. The van der Waals surface area contributed by atoms with Crippen LogP contribution in [-0.2, 0) is 4.79 Å². The molecular weight excluding hydrogens is 236 g/mol. The minimum absolute atomic E-state index is 0.672. The lowest BCUT2D eigenvalue weighted by atomic mass is 9.88. The third kappa shape index (κ3) is 6.79. The molecule has 0 aromatic carbocycles. The lowest BCUT2D eigenvalue weighted by Gasteiger charge is -2.17. The number of unbranched alkanes of at least 4 members (excludes halogenated alkanes) is 7. The molecular formula is C17H30O2. The Hall–Kier alpha value is -0.790. The molecule has 0 aliphatic heterocycles. The maximum Gasteiger partial charge on any atom is 0.331 e. The SMILES string of the molecule is CCCCCCCCCCC1=C(C(=O)O)CCCC1. The molecule has 1 aliphatic carbocycles. The van der Waals surface area contributed by atoms with E-state index in [0.29, 0.717) is 0 Å². The van der Waals surface area contributed by atoms with Crippen molar-refractivity contribution in [1.82, 2.24) is 0 Å². The topological polar surface area (TPSA) is 37.3 Å². The molecule has 2 heteroatoms. The predicted molar refractivity (Wildman–Crippen MR) is 80.4 cm³/mol. The van der Waals surface area contributed by atoms with Gasteiger partial charge in [-0.15, -0.1) is 0 Å². The summed E-state index contributed by atoms with van der Waals surface area (Å²) in [6.45, 7) is 2.25. The molecule has 1 rings (SSSR count). The lowest BCUT2D eigenvalue weighted by molar-refractivity contribution is -0.133. The van der Waals surface area contributed by atoms with E-state index in [0.717, 1.165) is 31.3 Å². The number of carbonyl (C=O) groups is 1. The van der Waals surface area contributed by atoms with Crippen LogP contribution in [0.1, 0.15) is 90.4 Å². The molecule has 1 N–H and O–H groups in total. The van der Waals surface area contributed by atoms with Crippen molar-refractivity contribution in [3.63, 3.8) is 0 Å². The zero-order valence-corrected chi connectivity index (χ0v) is 12.5. The van der Waals surface area contributed by atoms with Crippen LogP contribution >= 0.6 is 0 Å². The van der Waals surface area contributed by atoms with Gasteiger partial charge in [-0.1, -0.05) is 57.4 Å². The van der Waals surface area contributed by atoms with Gasteiger partial charge in [0, 0.05) is 5.57 Å². The second-order valence-corrected chi connectivity index (χ2v) is 5.82. The summed E-state index contributed by atoms with van der Waals surface area (Å²) in [6, 6.07) is 0. The van der Waals surface area contributed by atoms with Gasteiger partial charge in [0.05, 0.1) is 0 Å². The summed E-state index contributed by atoms with van der Waals surface area (Å²) in [5.41, 5.74) is 1.97. The van der Waals surface area contributed by atoms with Crippen molar-refractivity contribution in [2.24, 2.45) is 0 Å². The first-order chi connectivity index (χ1) is 9.25. The number of allylic oxidation sites excluding steroid dienone is 1. The molecule has 110 valence electrons. The average molecular weight is 266 g/mol. The summed E-state index contributed by atoms with van der Waals surface area (Å²) in [5, 5.41) is 9.17. The highest BCUT2D eigenvalue weighted by Crippen LogP contribution is 2.28. The fraction of sp³-hybridized carbons (Fsp3) is 0.824. The van der Waals surface area contributed by atoms with E-state index in [4.69, 9.17) is 0 Å². The molecule has 2 nitrogen and oxygen atoms in total. The average Bonchev–Trinajstić information content (AvgIpc) is 2.42. The highest BCUT2D eigenvalue weighted by Gasteiger charge is 2.17. The molecule has 0 bridgehead atoms. The van der Waals surface area contributed by atoms with Crippen LogP contribution < -0.4 is 0 Å². The second kappa shape index (κ2) is 10.1. The van der Waals surface area contributed by atoms with Crippen LogP contribution in [0, 0.1) is 0 Å². The van der Waals surface area contributed by atoms with E-state index in [1.54, 1.807) is 0 Å². The Labute approximate surface area is 118 Å². The van der Waals surface area contributed by atoms with E-state index in [1.807, 2.05) is 0 Å². The van der Waals surface area contributed by atoms with Crippen molar-refractivity contribution in [3.05, 3.63) is 11.1 Å². The Morgan fingerprint density at radius 3 is 2.16 bits per heavy atom. The normalized spacial score (nSPS) is 15.8. The first-order valence-electron chi connectivity index (χ1n) is 8.20. The number of rotatable bonds is 10. The van der Waals surface area contributed by atoms with E-state index in [9.17, 15) is 9.90 Å². The van der Waals surface area contributed by atoms with Gasteiger partial charge < -0.3 is 5.11 Å². The Kier molecular flexibility index (Phi) is 8.61. The number of carboxylic acid groups (broad SMARTS) is 1. The molecule has 0 saturated carbocycles. The van der Waals surface area contributed by atoms with Crippen LogP contribution in [0.25, 0.3) is 0 Å². The molecule has 0 aromatic heterocycles. The quantitative estimate of drug-likeness (QED) is 0.532. The first-order valence-corrected chi connectivity index (χ1v) is 8.20. The molecule has 0 spiro atoms. The Morgan fingerprint density at radius 1 is 0.947 bits per heavy atom. The highest BCUT2D eigenvalue weighted by atomic mass is 16.4. The highest BCUT2D eigenvalue weighted by molar-refractivity contribution is 5.87. The monoisotopic (exact) mass is 266 g/mol. The fourth-order valence-corrected chi connectivity index (χ4v) is 2.97. The van der Waals surface area contributed by atoms with Gasteiger partial charge in [-0.3, -0.25) is 0 Å². The molecule has 0 aromatic rings. The molecule has 19 heavy (non-hydrogen) atoms. The van der Waals surface area contributed by atoms with Gasteiger partial charge in [0.15, 0.2) is 0 Å². The molecule has 0 radical (unpaired) electrons. The van der Waals surface area contributed by atoms with Crippen LogP contribution in [0.4, 0.5) is 0 Å². The summed E-state index contributed by atoms with van der Waals surface area (Å²) in [5.74, 6) is -0.672. The molecule has 0 heterocycles. The minimum Gasteiger partial charge on any atom is -0.478 e. The van der Waals surface area contributed by atoms with Gasteiger partial charge in [-0.05, 0) is 38.5 Å². The molecule has 0 atom stereocenters. The van der Waals surface area contributed by atoms with Gasteiger partial charge in [-0.2, -0.15) is 0 Å². The van der Waals surface area contributed by atoms with Crippen molar-refractivity contribution in [2.75, 3.05) is 0 Å². The maximum absolute atomic E-state index is 11.1. The largest absolute Gasteiger partial charge is 0.478 e. The summed E-state index contributed by atoms with van der Waals surface area (Å²) in [4.78, 5) is 11.1. The van der Waals surface area contributed by atoms with E-state index >= 15 is 0 Å². The molecule has 0 fully saturated rings. The molecule has 0 amide bonds. The van der Waals surface area contributed by atoms with Crippen molar-refractivity contribution in [3.8, 4) is 0 Å². The lowest BCUT2D eigenvalue weighted by Crippen LogP contribution is -2.09. The van der Waals surface area contributed by atoms with Gasteiger partial charge in [0.2, 0.25) is 0 Å². The van der Waals surface area contributed by atoms with E-state index < -0.39 is 5.97 Å². The summed E-state index contributed by atoms with van der Waals surface area (Å²) >= 11 is 0. The van der Waals surface area contributed by atoms with Crippen molar-refractivity contribution in [2.45, 2.75) is 90.4 Å². The Bertz CT molecular complexity index is 292. The third-order valence-electron chi connectivity index (χ3n) is 4.17. The molecule has 0 saturated heterocycles. The summed E-state index contributed by atoms with van der Waals surface area (Å²) < 4.78 is 0. The van der Waals surface area contributed by atoms with Crippen LogP contribution in [0.3, 0.4) is 0 Å². The van der Waals surface area contributed by atoms with E-state index in [-0.39, 0.29) is 0 Å². The van der Waals surface area contributed by atoms with Gasteiger partial charge in [0.1, 0.15) is 0 Å². The van der Waals surface area contributed by atoms with Crippen molar-refractivity contribution < 1.29 is 9.90 Å². The van der Waals surface area contributed by atoms with Crippen LogP contribution in [0.15, 0.2) is 11.1 Å². The Morgan fingerprint density at radius 2 is 1.53 bits per heavy atom. The maximum atomic E-state index is 11.1. The first kappa shape index (κ1) is 16.3. The number of aliphatic carboxylic acids is 1. The number of hydrogen-bond donors (Lipinski definition) is 1. The second-order valence-electron chi connectivity index (χ2n) is 5.82. The van der Waals surface area contributed by atoms with Gasteiger partial charge >= 0.3 is 5.97 Å².